The SMILES string of the molecule is Cc1ccc(NS(=O)(=O)c2ccc(C(=O)Nc3ccccc3Cl)cc2)cc1C. The zero-order valence-corrected chi connectivity index (χ0v) is 16.9. The van der Waals surface area contributed by atoms with Crippen LogP contribution < -0.4 is 10.0 Å². The van der Waals surface area contributed by atoms with Gasteiger partial charge in [-0.2, -0.15) is 0 Å². The quantitative estimate of drug-likeness (QED) is 0.616. The normalized spacial score (nSPS) is 11.1. The number of halogens is 1. The first kappa shape index (κ1) is 19.9. The van der Waals surface area contributed by atoms with Crippen molar-refractivity contribution < 1.29 is 13.2 Å². The average molecular weight is 415 g/mol. The van der Waals surface area contributed by atoms with Crippen LogP contribution in [0, 0.1) is 13.8 Å². The zero-order chi connectivity index (χ0) is 20.3. The van der Waals surface area contributed by atoms with E-state index in [2.05, 4.69) is 10.0 Å². The number of carbonyl (C=O) groups excluding carboxylic acids is 1. The monoisotopic (exact) mass is 414 g/mol. The third-order valence-electron chi connectivity index (χ3n) is 4.31. The van der Waals surface area contributed by atoms with Crippen molar-refractivity contribution in [2.45, 2.75) is 18.7 Å². The zero-order valence-electron chi connectivity index (χ0n) is 15.4. The first-order chi connectivity index (χ1) is 13.3. The molecule has 3 aromatic rings. The average Bonchev–Trinajstić information content (AvgIpc) is 2.66. The Morgan fingerprint density at radius 3 is 2.21 bits per heavy atom. The molecule has 28 heavy (non-hydrogen) atoms. The summed E-state index contributed by atoms with van der Waals surface area (Å²) in [5.74, 6) is -0.376. The summed E-state index contributed by atoms with van der Waals surface area (Å²) in [5, 5.41) is 3.12. The molecule has 144 valence electrons. The summed E-state index contributed by atoms with van der Waals surface area (Å²) in [7, 11) is -3.75. The van der Waals surface area contributed by atoms with Crippen LogP contribution in [0.15, 0.2) is 71.6 Å². The maximum atomic E-state index is 12.6. The maximum absolute atomic E-state index is 12.6. The number of hydrogen-bond donors (Lipinski definition) is 2. The Morgan fingerprint density at radius 2 is 1.57 bits per heavy atom. The van der Waals surface area contributed by atoms with Crippen molar-refractivity contribution in [1.82, 2.24) is 0 Å². The fourth-order valence-corrected chi connectivity index (χ4v) is 3.79. The second kappa shape index (κ2) is 8.04. The van der Waals surface area contributed by atoms with Crippen molar-refractivity contribution >= 4 is 38.9 Å². The smallest absolute Gasteiger partial charge is 0.261 e. The van der Waals surface area contributed by atoms with Crippen LogP contribution in [0.25, 0.3) is 0 Å². The molecule has 0 aliphatic carbocycles. The molecule has 0 aromatic heterocycles. The molecule has 7 heteroatoms. The number of rotatable bonds is 5. The molecule has 0 unspecified atom stereocenters. The van der Waals surface area contributed by atoms with E-state index in [1.807, 2.05) is 19.9 Å². The lowest BCUT2D eigenvalue weighted by Gasteiger charge is -2.11. The largest absolute Gasteiger partial charge is 0.321 e. The number of anilines is 2. The van der Waals surface area contributed by atoms with Crippen LogP contribution in [0.5, 0.6) is 0 Å². The van der Waals surface area contributed by atoms with Gasteiger partial charge in [-0.15, -0.1) is 0 Å². The van der Waals surface area contributed by atoms with Gasteiger partial charge in [-0.05, 0) is 73.5 Å². The molecule has 5 nitrogen and oxygen atoms in total. The molecule has 3 aromatic carbocycles. The second-order valence-corrected chi connectivity index (χ2v) is 8.45. The molecule has 0 fully saturated rings. The summed E-state index contributed by atoms with van der Waals surface area (Å²) < 4.78 is 27.7. The predicted molar refractivity (Wildman–Crippen MR) is 113 cm³/mol. The lowest BCUT2D eigenvalue weighted by atomic mass is 10.1. The molecular formula is C21H19ClN2O3S. The van der Waals surface area contributed by atoms with E-state index >= 15 is 0 Å². The van der Waals surface area contributed by atoms with Gasteiger partial charge in [0, 0.05) is 11.3 Å². The molecule has 0 spiro atoms. The summed E-state index contributed by atoms with van der Waals surface area (Å²) in [5.41, 5.74) is 3.37. The highest BCUT2D eigenvalue weighted by molar-refractivity contribution is 7.92. The molecule has 0 radical (unpaired) electrons. The standard InChI is InChI=1S/C21H19ClN2O3S/c1-14-7-10-17(13-15(14)2)24-28(26,27)18-11-8-16(9-12-18)21(25)23-20-6-4-3-5-19(20)22/h3-13,24H,1-2H3,(H,23,25). The Hall–Kier alpha value is -2.83. The van der Waals surface area contributed by atoms with Gasteiger partial charge in [-0.1, -0.05) is 29.8 Å². The van der Waals surface area contributed by atoms with E-state index in [0.29, 0.717) is 22.0 Å². The molecular weight excluding hydrogens is 396 g/mol. The highest BCUT2D eigenvalue weighted by Crippen LogP contribution is 2.22. The number of hydrogen-bond acceptors (Lipinski definition) is 3. The van der Waals surface area contributed by atoms with E-state index in [1.54, 1.807) is 36.4 Å². The van der Waals surface area contributed by atoms with E-state index in [9.17, 15) is 13.2 Å². The highest BCUT2D eigenvalue weighted by atomic mass is 35.5. The van der Waals surface area contributed by atoms with Crippen LogP contribution in [0.3, 0.4) is 0 Å². The van der Waals surface area contributed by atoms with Crippen LogP contribution >= 0.6 is 11.6 Å². The van der Waals surface area contributed by atoms with E-state index < -0.39 is 10.0 Å². The van der Waals surface area contributed by atoms with Crippen molar-refractivity contribution in [2.24, 2.45) is 0 Å². The molecule has 0 heterocycles. The van der Waals surface area contributed by atoms with Gasteiger partial charge in [-0.25, -0.2) is 8.42 Å². The predicted octanol–water partition coefficient (Wildman–Crippen LogP) is 5.01. The summed E-state index contributed by atoms with van der Waals surface area (Å²) >= 11 is 6.04. The van der Waals surface area contributed by atoms with E-state index in [0.717, 1.165) is 11.1 Å². The van der Waals surface area contributed by atoms with Crippen LogP contribution in [-0.4, -0.2) is 14.3 Å². The van der Waals surface area contributed by atoms with Gasteiger partial charge in [-0.3, -0.25) is 9.52 Å². The fraction of sp³-hybridized carbons (Fsp3) is 0.0952. The minimum Gasteiger partial charge on any atom is -0.321 e. The second-order valence-electron chi connectivity index (χ2n) is 6.36. The van der Waals surface area contributed by atoms with Gasteiger partial charge >= 0.3 is 0 Å². The number of nitrogens with one attached hydrogen (secondary N) is 2. The summed E-state index contributed by atoms with van der Waals surface area (Å²) in [6.45, 7) is 3.87. The lowest BCUT2D eigenvalue weighted by molar-refractivity contribution is 0.102. The highest BCUT2D eigenvalue weighted by Gasteiger charge is 2.16. The molecule has 0 aliphatic rings. The molecule has 0 atom stereocenters. The van der Waals surface area contributed by atoms with Gasteiger partial charge in [0.05, 0.1) is 15.6 Å². The minimum atomic E-state index is -3.75. The molecule has 3 rings (SSSR count). The lowest BCUT2D eigenvalue weighted by Crippen LogP contribution is -2.15. The Balaban J connectivity index is 1.76. The minimum absolute atomic E-state index is 0.0695. The van der Waals surface area contributed by atoms with Crippen LogP contribution in [0.1, 0.15) is 21.5 Å². The van der Waals surface area contributed by atoms with Crippen LogP contribution in [0.2, 0.25) is 5.02 Å². The van der Waals surface area contributed by atoms with Crippen molar-refractivity contribution in [3.8, 4) is 0 Å². The van der Waals surface area contributed by atoms with Crippen LogP contribution in [0.4, 0.5) is 11.4 Å². The number of carbonyl (C=O) groups is 1. The van der Waals surface area contributed by atoms with E-state index in [-0.39, 0.29) is 10.8 Å². The number of sulfonamides is 1. The molecule has 1 amide bonds. The number of benzene rings is 3. The van der Waals surface area contributed by atoms with Gasteiger partial charge in [0.25, 0.3) is 15.9 Å². The van der Waals surface area contributed by atoms with Crippen molar-refractivity contribution in [3.05, 3.63) is 88.4 Å². The van der Waals surface area contributed by atoms with Crippen molar-refractivity contribution in [2.75, 3.05) is 10.0 Å². The number of para-hydroxylation sites is 1. The number of aryl methyl sites for hydroxylation is 2. The number of amides is 1. The Bertz CT molecular complexity index is 1130. The van der Waals surface area contributed by atoms with Crippen molar-refractivity contribution in [3.63, 3.8) is 0 Å². The third-order valence-corrected chi connectivity index (χ3v) is 6.03. The van der Waals surface area contributed by atoms with Gasteiger partial charge in [0.1, 0.15) is 0 Å². The molecule has 0 aliphatic heterocycles. The molecule has 0 saturated carbocycles. The van der Waals surface area contributed by atoms with E-state index in [1.165, 1.54) is 24.3 Å². The van der Waals surface area contributed by atoms with Gasteiger partial charge in [0.2, 0.25) is 0 Å². The molecule has 2 N–H and O–H groups in total. The van der Waals surface area contributed by atoms with E-state index in [4.69, 9.17) is 11.6 Å². The summed E-state index contributed by atoms with van der Waals surface area (Å²) in [6.07, 6.45) is 0. The first-order valence-corrected chi connectivity index (χ1v) is 10.4. The molecule has 0 saturated heterocycles. The first-order valence-electron chi connectivity index (χ1n) is 8.52. The summed E-state index contributed by atoms with van der Waals surface area (Å²) in [4.78, 5) is 12.4. The van der Waals surface area contributed by atoms with Gasteiger partial charge in [0.15, 0.2) is 0 Å². The Kier molecular flexibility index (Phi) is 5.72. The Morgan fingerprint density at radius 1 is 0.893 bits per heavy atom. The molecule has 0 bridgehead atoms. The van der Waals surface area contributed by atoms with Crippen molar-refractivity contribution in [1.29, 1.82) is 0 Å². The third kappa shape index (κ3) is 4.52. The van der Waals surface area contributed by atoms with Crippen LogP contribution in [-0.2, 0) is 10.0 Å². The Labute approximate surface area is 169 Å². The fourth-order valence-electron chi connectivity index (χ4n) is 2.56. The topological polar surface area (TPSA) is 75.3 Å². The maximum Gasteiger partial charge on any atom is 0.261 e. The summed E-state index contributed by atoms with van der Waals surface area (Å²) in [6, 6.07) is 17.9. The van der Waals surface area contributed by atoms with Gasteiger partial charge < -0.3 is 5.32 Å².